The SMILES string of the molecule is Cc1ccc(C(=O)N2CCCC2C)c(O)n1. The number of hydrogen-bond donors (Lipinski definition) is 1. The molecule has 0 aromatic carbocycles. The number of hydrogen-bond acceptors (Lipinski definition) is 3. The average molecular weight is 220 g/mol. The molecule has 1 N–H and O–H groups in total. The van der Waals surface area contributed by atoms with Gasteiger partial charge in [0.15, 0.2) is 0 Å². The van der Waals surface area contributed by atoms with Crippen molar-refractivity contribution in [1.82, 2.24) is 9.88 Å². The highest BCUT2D eigenvalue weighted by molar-refractivity contribution is 5.96. The van der Waals surface area contributed by atoms with E-state index in [0.29, 0.717) is 11.3 Å². The summed E-state index contributed by atoms with van der Waals surface area (Å²) in [5, 5.41) is 9.65. The lowest BCUT2D eigenvalue weighted by Gasteiger charge is -2.21. The zero-order valence-corrected chi connectivity index (χ0v) is 9.60. The Morgan fingerprint density at radius 1 is 1.56 bits per heavy atom. The lowest BCUT2D eigenvalue weighted by Crippen LogP contribution is -2.33. The first kappa shape index (κ1) is 10.9. The summed E-state index contributed by atoms with van der Waals surface area (Å²) >= 11 is 0. The first-order valence-corrected chi connectivity index (χ1v) is 5.57. The van der Waals surface area contributed by atoms with E-state index in [1.165, 1.54) is 0 Å². The number of aryl methyl sites for hydroxylation is 1. The number of amides is 1. The van der Waals surface area contributed by atoms with Gasteiger partial charge in [0, 0.05) is 18.3 Å². The molecule has 2 heterocycles. The Balaban J connectivity index is 2.27. The van der Waals surface area contributed by atoms with Crippen molar-refractivity contribution in [2.75, 3.05) is 6.54 Å². The number of aromatic hydroxyl groups is 1. The van der Waals surface area contributed by atoms with E-state index in [1.54, 1.807) is 24.0 Å². The van der Waals surface area contributed by atoms with E-state index in [2.05, 4.69) is 4.98 Å². The van der Waals surface area contributed by atoms with E-state index in [4.69, 9.17) is 0 Å². The summed E-state index contributed by atoms with van der Waals surface area (Å²) in [6.45, 7) is 4.59. The second-order valence-corrected chi connectivity index (χ2v) is 4.31. The second kappa shape index (κ2) is 4.12. The van der Waals surface area contributed by atoms with Crippen LogP contribution < -0.4 is 0 Å². The van der Waals surface area contributed by atoms with Gasteiger partial charge in [0.2, 0.25) is 5.88 Å². The number of carbonyl (C=O) groups is 1. The first-order valence-electron chi connectivity index (χ1n) is 5.57. The molecule has 4 heteroatoms. The maximum atomic E-state index is 12.1. The summed E-state index contributed by atoms with van der Waals surface area (Å²) in [7, 11) is 0. The van der Waals surface area contributed by atoms with Gasteiger partial charge in [-0.15, -0.1) is 0 Å². The molecule has 0 spiro atoms. The van der Waals surface area contributed by atoms with Gasteiger partial charge in [-0.05, 0) is 38.8 Å². The Morgan fingerprint density at radius 2 is 2.31 bits per heavy atom. The Labute approximate surface area is 94.9 Å². The number of nitrogens with zero attached hydrogens (tertiary/aromatic N) is 2. The minimum atomic E-state index is -0.163. The molecule has 1 unspecified atom stereocenters. The van der Waals surface area contributed by atoms with Gasteiger partial charge in [0.05, 0.1) is 0 Å². The lowest BCUT2D eigenvalue weighted by molar-refractivity contribution is 0.0743. The van der Waals surface area contributed by atoms with Gasteiger partial charge in [0.1, 0.15) is 5.56 Å². The zero-order chi connectivity index (χ0) is 11.7. The minimum absolute atomic E-state index is 0.116. The highest BCUT2D eigenvalue weighted by atomic mass is 16.3. The zero-order valence-electron chi connectivity index (χ0n) is 9.60. The third-order valence-corrected chi connectivity index (χ3v) is 3.06. The highest BCUT2D eigenvalue weighted by Crippen LogP contribution is 2.23. The fraction of sp³-hybridized carbons (Fsp3) is 0.500. The van der Waals surface area contributed by atoms with Gasteiger partial charge in [-0.2, -0.15) is 0 Å². The third kappa shape index (κ3) is 1.87. The van der Waals surface area contributed by atoms with Crippen LogP contribution in [-0.2, 0) is 0 Å². The molecule has 1 aliphatic heterocycles. The normalized spacial score (nSPS) is 20.1. The molecule has 0 saturated carbocycles. The van der Waals surface area contributed by atoms with E-state index >= 15 is 0 Å². The minimum Gasteiger partial charge on any atom is -0.493 e. The van der Waals surface area contributed by atoms with Crippen LogP contribution >= 0.6 is 0 Å². The number of pyridine rings is 1. The summed E-state index contributed by atoms with van der Waals surface area (Å²) in [4.78, 5) is 17.8. The van der Waals surface area contributed by atoms with Crippen LogP contribution in [0.2, 0.25) is 0 Å². The summed E-state index contributed by atoms with van der Waals surface area (Å²) in [6, 6.07) is 3.65. The molecule has 16 heavy (non-hydrogen) atoms. The van der Waals surface area contributed by atoms with Crippen molar-refractivity contribution in [3.63, 3.8) is 0 Å². The molecular weight excluding hydrogens is 204 g/mol. The van der Waals surface area contributed by atoms with Crippen molar-refractivity contribution in [3.8, 4) is 5.88 Å². The van der Waals surface area contributed by atoms with Crippen LogP contribution in [0.4, 0.5) is 0 Å². The van der Waals surface area contributed by atoms with Crippen LogP contribution in [0.3, 0.4) is 0 Å². The van der Waals surface area contributed by atoms with E-state index in [9.17, 15) is 9.90 Å². The Kier molecular flexibility index (Phi) is 2.81. The maximum Gasteiger partial charge on any atom is 0.259 e. The van der Waals surface area contributed by atoms with Crippen LogP contribution in [0.5, 0.6) is 5.88 Å². The van der Waals surface area contributed by atoms with Crippen LogP contribution in [0.15, 0.2) is 12.1 Å². The fourth-order valence-corrected chi connectivity index (χ4v) is 2.10. The van der Waals surface area contributed by atoms with Crippen LogP contribution in [0, 0.1) is 6.92 Å². The number of rotatable bonds is 1. The molecule has 1 aliphatic rings. The topological polar surface area (TPSA) is 53.4 Å². The molecule has 1 saturated heterocycles. The van der Waals surface area contributed by atoms with E-state index in [-0.39, 0.29) is 17.8 Å². The van der Waals surface area contributed by atoms with Crippen LogP contribution in [0.25, 0.3) is 0 Å². The first-order chi connectivity index (χ1) is 7.59. The summed E-state index contributed by atoms with van der Waals surface area (Å²) in [5.74, 6) is -0.279. The predicted molar refractivity (Wildman–Crippen MR) is 60.4 cm³/mol. The average Bonchev–Trinajstić information content (AvgIpc) is 2.63. The quantitative estimate of drug-likeness (QED) is 0.784. The molecule has 1 atom stereocenters. The molecular formula is C12H16N2O2. The molecule has 0 bridgehead atoms. The summed E-state index contributed by atoms with van der Waals surface area (Å²) in [6.07, 6.45) is 2.07. The Hall–Kier alpha value is -1.58. The van der Waals surface area contributed by atoms with Gasteiger partial charge in [-0.25, -0.2) is 4.98 Å². The van der Waals surface area contributed by atoms with Crippen molar-refractivity contribution in [2.24, 2.45) is 0 Å². The van der Waals surface area contributed by atoms with Crippen molar-refractivity contribution >= 4 is 5.91 Å². The summed E-state index contributed by atoms with van der Waals surface area (Å²) in [5.41, 5.74) is 1.02. The molecule has 86 valence electrons. The standard InChI is InChI=1S/C12H16N2O2/c1-8-5-6-10(11(15)13-8)12(16)14-7-3-4-9(14)2/h5-6,9H,3-4,7H2,1-2H3,(H,13,15). The smallest absolute Gasteiger partial charge is 0.259 e. The van der Waals surface area contributed by atoms with Gasteiger partial charge in [-0.3, -0.25) is 4.79 Å². The Bertz CT molecular complexity index is 417. The van der Waals surface area contributed by atoms with E-state index in [1.807, 2.05) is 6.92 Å². The van der Waals surface area contributed by atoms with Crippen LogP contribution in [0.1, 0.15) is 35.8 Å². The monoisotopic (exact) mass is 220 g/mol. The van der Waals surface area contributed by atoms with Crippen molar-refractivity contribution in [3.05, 3.63) is 23.4 Å². The van der Waals surface area contributed by atoms with Crippen molar-refractivity contribution < 1.29 is 9.90 Å². The molecule has 4 nitrogen and oxygen atoms in total. The highest BCUT2D eigenvalue weighted by Gasteiger charge is 2.27. The van der Waals surface area contributed by atoms with Crippen molar-refractivity contribution in [1.29, 1.82) is 0 Å². The molecule has 1 fully saturated rings. The van der Waals surface area contributed by atoms with E-state index < -0.39 is 0 Å². The number of carbonyl (C=O) groups excluding carboxylic acids is 1. The van der Waals surface area contributed by atoms with Crippen LogP contribution in [-0.4, -0.2) is 33.5 Å². The predicted octanol–water partition coefficient (Wildman–Crippen LogP) is 1.72. The summed E-state index contributed by atoms with van der Waals surface area (Å²) < 4.78 is 0. The van der Waals surface area contributed by atoms with Gasteiger partial charge in [0.25, 0.3) is 5.91 Å². The molecule has 0 radical (unpaired) electrons. The molecule has 1 aromatic rings. The molecule has 1 aromatic heterocycles. The fourth-order valence-electron chi connectivity index (χ4n) is 2.10. The second-order valence-electron chi connectivity index (χ2n) is 4.31. The van der Waals surface area contributed by atoms with Gasteiger partial charge >= 0.3 is 0 Å². The lowest BCUT2D eigenvalue weighted by atomic mass is 10.2. The molecule has 1 amide bonds. The van der Waals surface area contributed by atoms with Crippen molar-refractivity contribution in [2.45, 2.75) is 32.7 Å². The maximum absolute atomic E-state index is 12.1. The van der Waals surface area contributed by atoms with Gasteiger partial charge < -0.3 is 10.0 Å². The Morgan fingerprint density at radius 3 is 2.88 bits per heavy atom. The molecule has 0 aliphatic carbocycles. The molecule has 2 rings (SSSR count). The largest absolute Gasteiger partial charge is 0.493 e. The van der Waals surface area contributed by atoms with E-state index in [0.717, 1.165) is 19.4 Å². The number of likely N-dealkylation sites (tertiary alicyclic amines) is 1. The van der Waals surface area contributed by atoms with Gasteiger partial charge in [-0.1, -0.05) is 0 Å². The third-order valence-electron chi connectivity index (χ3n) is 3.06. The number of aromatic nitrogens is 1.